The molecule has 0 amide bonds. The fourth-order valence-corrected chi connectivity index (χ4v) is 2.72. The van der Waals surface area contributed by atoms with Crippen LogP contribution in [0, 0.1) is 0 Å². The average molecular weight is 364 g/mol. The van der Waals surface area contributed by atoms with E-state index in [0.29, 0.717) is 13.0 Å². The van der Waals surface area contributed by atoms with Gasteiger partial charge in [0, 0.05) is 0 Å². The zero-order valence-corrected chi connectivity index (χ0v) is 16.4. The minimum absolute atomic E-state index is 0.285. The monoisotopic (exact) mass is 364 g/mol. The largest absolute Gasteiger partial charge is 0.489 e. The number of ether oxygens (including phenoxy) is 1. The molecule has 0 atom stereocenters. The van der Waals surface area contributed by atoms with E-state index >= 15 is 0 Å². The molecule has 0 unspecified atom stereocenters. The fourth-order valence-electron chi connectivity index (χ4n) is 2.72. The first-order chi connectivity index (χ1) is 13.0. The van der Waals surface area contributed by atoms with Crippen LogP contribution in [0.15, 0.2) is 71.8 Å². The van der Waals surface area contributed by atoms with Crippen molar-refractivity contribution in [3.63, 3.8) is 0 Å². The number of rotatable bonds is 9. The van der Waals surface area contributed by atoms with Gasteiger partial charge in [0.25, 0.3) is 0 Å². The molecule has 27 heavy (non-hydrogen) atoms. The normalized spacial score (nSPS) is 11.1. The maximum atomic E-state index is 11.3. The third-order valence-electron chi connectivity index (χ3n) is 4.31. The molecule has 0 saturated carbocycles. The van der Waals surface area contributed by atoms with Gasteiger partial charge in [0.15, 0.2) is 0 Å². The first kappa shape index (κ1) is 20.5. The highest BCUT2D eigenvalue weighted by Gasteiger charge is 2.09. The first-order valence-corrected chi connectivity index (χ1v) is 9.27. The first-order valence-electron chi connectivity index (χ1n) is 9.27. The summed E-state index contributed by atoms with van der Waals surface area (Å²) in [6, 6.07) is 15.0. The standard InChI is InChI=1S/C24H28O3/c1-18(2)8-7-9-19(3)12-13-21-16-22(24(25)26)14-15-23(21)27-17-20-10-5-4-6-11-20/h4-6,8,10-12,14-16H,7,9,13,17H2,1-3H3,(H,25,26)/b19-12+. The summed E-state index contributed by atoms with van der Waals surface area (Å²) in [5.41, 5.74) is 4.88. The Balaban J connectivity index is 2.12. The number of carboxylic acid groups (broad SMARTS) is 1. The van der Waals surface area contributed by atoms with Gasteiger partial charge in [-0.05, 0) is 69.4 Å². The van der Waals surface area contributed by atoms with Crippen LogP contribution in [0.2, 0.25) is 0 Å². The van der Waals surface area contributed by atoms with E-state index in [1.165, 1.54) is 11.1 Å². The van der Waals surface area contributed by atoms with Gasteiger partial charge >= 0.3 is 5.97 Å². The second-order valence-corrected chi connectivity index (χ2v) is 6.98. The van der Waals surface area contributed by atoms with Gasteiger partial charge < -0.3 is 9.84 Å². The molecule has 1 N–H and O–H groups in total. The van der Waals surface area contributed by atoms with Crippen molar-refractivity contribution in [1.82, 2.24) is 0 Å². The van der Waals surface area contributed by atoms with E-state index in [0.717, 1.165) is 29.7 Å². The summed E-state index contributed by atoms with van der Waals surface area (Å²) in [6.07, 6.45) is 7.08. The van der Waals surface area contributed by atoms with Gasteiger partial charge in [-0.15, -0.1) is 0 Å². The lowest BCUT2D eigenvalue weighted by Gasteiger charge is -2.12. The van der Waals surface area contributed by atoms with Crippen molar-refractivity contribution in [3.8, 4) is 5.75 Å². The van der Waals surface area contributed by atoms with Crippen molar-refractivity contribution >= 4 is 5.97 Å². The van der Waals surface area contributed by atoms with Crippen LogP contribution in [0.5, 0.6) is 5.75 Å². The van der Waals surface area contributed by atoms with Gasteiger partial charge in [0.05, 0.1) is 5.56 Å². The van der Waals surface area contributed by atoms with Gasteiger partial charge in [-0.25, -0.2) is 4.79 Å². The van der Waals surface area contributed by atoms with E-state index in [9.17, 15) is 9.90 Å². The van der Waals surface area contributed by atoms with Crippen LogP contribution >= 0.6 is 0 Å². The number of aromatic carboxylic acids is 1. The highest BCUT2D eigenvalue weighted by atomic mass is 16.5. The number of hydrogen-bond donors (Lipinski definition) is 1. The predicted octanol–water partition coefficient (Wildman–Crippen LogP) is 6.20. The number of benzene rings is 2. The Morgan fingerprint density at radius 2 is 1.78 bits per heavy atom. The Morgan fingerprint density at radius 1 is 1.04 bits per heavy atom. The summed E-state index contributed by atoms with van der Waals surface area (Å²) in [7, 11) is 0. The van der Waals surface area contributed by atoms with E-state index in [1.807, 2.05) is 30.3 Å². The molecule has 0 radical (unpaired) electrons. The Morgan fingerprint density at radius 3 is 2.44 bits per heavy atom. The maximum Gasteiger partial charge on any atom is 0.335 e. The fraction of sp³-hybridized carbons (Fsp3) is 0.292. The molecule has 0 bridgehead atoms. The molecule has 0 saturated heterocycles. The topological polar surface area (TPSA) is 46.5 Å². The molecule has 0 aromatic heterocycles. The highest BCUT2D eigenvalue weighted by molar-refractivity contribution is 5.88. The molecular weight excluding hydrogens is 336 g/mol. The molecule has 3 nitrogen and oxygen atoms in total. The molecule has 0 spiro atoms. The number of carbonyl (C=O) groups is 1. The molecule has 2 rings (SSSR count). The van der Waals surface area contributed by atoms with E-state index < -0.39 is 5.97 Å². The van der Waals surface area contributed by atoms with Gasteiger partial charge in [0.1, 0.15) is 12.4 Å². The van der Waals surface area contributed by atoms with Crippen molar-refractivity contribution in [3.05, 3.63) is 88.5 Å². The zero-order valence-electron chi connectivity index (χ0n) is 16.4. The molecule has 142 valence electrons. The third kappa shape index (κ3) is 7.14. The minimum atomic E-state index is -0.921. The molecular formula is C24H28O3. The number of allylic oxidation sites excluding steroid dienone is 4. The molecule has 0 heterocycles. The van der Waals surface area contributed by atoms with Gasteiger partial charge in [0.2, 0.25) is 0 Å². The Labute approximate surface area is 162 Å². The second-order valence-electron chi connectivity index (χ2n) is 6.98. The second kappa shape index (κ2) is 10.4. The van der Waals surface area contributed by atoms with Crippen molar-refractivity contribution in [2.24, 2.45) is 0 Å². The average Bonchev–Trinajstić information content (AvgIpc) is 2.65. The summed E-state index contributed by atoms with van der Waals surface area (Å²) >= 11 is 0. The quantitative estimate of drug-likeness (QED) is 0.539. The Hall–Kier alpha value is -2.81. The Kier molecular flexibility index (Phi) is 7.87. The molecule has 3 heteroatoms. The molecule has 2 aromatic rings. The highest BCUT2D eigenvalue weighted by Crippen LogP contribution is 2.23. The molecule has 0 fully saturated rings. The van der Waals surface area contributed by atoms with Crippen molar-refractivity contribution in [2.75, 3.05) is 0 Å². The summed E-state index contributed by atoms with van der Waals surface area (Å²) < 4.78 is 5.97. The lowest BCUT2D eigenvalue weighted by Crippen LogP contribution is -2.02. The van der Waals surface area contributed by atoms with E-state index in [1.54, 1.807) is 18.2 Å². The van der Waals surface area contributed by atoms with Crippen molar-refractivity contribution in [1.29, 1.82) is 0 Å². The summed E-state index contributed by atoms with van der Waals surface area (Å²) in [5, 5.41) is 9.29. The van der Waals surface area contributed by atoms with Crippen LogP contribution in [0.25, 0.3) is 0 Å². The molecule has 0 aliphatic heterocycles. The smallest absolute Gasteiger partial charge is 0.335 e. The number of carboxylic acids is 1. The summed E-state index contributed by atoms with van der Waals surface area (Å²) in [4.78, 5) is 11.3. The lowest BCUT2D eigenvalue weighted by molar-refractivity contribution is 0.0696. The van der Waals surface area contributed by atoms with Crippen LogP contribution in [0.1, 0.15) is 55.1 Å². The SMILES string of the molecule is CC(C)=CCC/C(C)=C/Cc1cc(C(=O)O)ccc1OCc1ccccc1. The predicted molar refractivity (Wildman–Crippen MR) is 110 cm³/mol. The van der Waals surface area contributed by atoms with Crippen molar-refractivity contribution < 1.29 is 14.6 Å². The van der Waals surface area contributed by atoms with E-state index in [2.05, 4.69) is 32.9 Å². The van der Waals surface area contributed by atoms with E-state index in [4.69, 9.17) is 4.74 Å². The van der Waals surface area contributed by atoms with Gasteiger partial charge in [-0.2, -0.15) is 0 Å². The number of hydrogen-bond acceptors (Lipinski definition) is 2. The third-order valence-corrected chi connectivity index (χ3v) is 4.31. The van der Waals surface area contributed by atoms with Crippen LogP contribution in [-0.4, -0.2) is 11.1 Å². The zero-order chi connectivity index (χ0) is 19.6. The maximum absolute atomic E-state index is 11.3. The lowest BCUT2D eigenvalue weighted by atomic mass is 10.0. The van der Waals surface area contributed by atoms with E-state index in [-0.39, 0.29) is 5.56 Å². The van der Waals surface area contributed by atoms with Crippen LogP contribution < -0.4 is 4.74 Å². The van der Waals surface area contributed by atoms with Crippen molar-refractivity contribution in [2.45, 2.75) is 46.6 Å². The Bertz CT molecular complexity index is 813. The summed E-state index contributed by atoms with van der Waals surface area (Å²) in [5.74, 6) is -0.188. The minimum Gasteiger partial charge on any atom is -0.489 e. The van der Waals surface area contributed by atoms with Gasteiger partial charge in [-0.3, -0.25) is 0 Å². The molecule has 0 aliphatic rings. The molecule has 0 aliphatic carbocycles. The molecule has 2 aromatic carbocycles. The van der Waals surface area contributed by atoms with Gasteiger partial charge in [-0.1, -0.05) is 53.6 Å². The van der Waals surface area contributed by atoms with Crippen LogP contribution in [0.3, 0.4) is 0 Å². The van der Waals surface area contributed by atoms with Crippen LogP contribution in [0.4, 0.5) is 0 Å². The summed E-state index contributed by atoms with van der Waals surface area (Å²) in [6.45, 7) is 6.79. The van der Waals surface area contributed by atoms with Crippen LogP contribution in [-0.2, 0) is 13.0 Å².